The lowest BCUT2D eigenvalue weighted by atomic mass is 9.56. The first-order valence-corrected chi connectivity index (χ1v) is 7.20. The number of rotatable bonds is 1. The second-order valence-electron chi connectivity index (χ2n) is 7.13. The summed E-state index contributed by atoms with van der Waals surface area (Å²) in [5.41, 5.74) is 1.86. The number of allylic oxidation sites excluding steroid dienone is 1. The first kappa shape index (κ1) is 12.3. The normalized spacial score (nSPS) is 44.8. The van der Waals surface area contributed by atoms with Gasteiger partial charge in [0, 0.05) is 0 Å². The fraction of sp³-hybridized carbons (Fsp3) is 0.812. The van der Waals surface area contributed by atoms with Crippen molar-refractivity contribution in [3.8, 4) is 0 Å². The number of fused-ring (bicyclic) bond motifs is 1. The average molecular weight is 248 g/mol. The molecule has 3 fully saturated rings. The Morgan fingerprint density at radius 1 is 1.33 bits per heavy atom. The van der Waals surface area contributed by atoms with Gasteiger partial charge in [0.1, 0.15) is 0 Å². The van der Waals surface area contributed by atoms with E-state index in [4.69, 9.17) is 4.74 Å². The minimum Gasteiger partial charge on any atom is -0.469 e. The Morgan fingerprint density at radius 2 is 2.06 bits per heavy atom. The van der Waals surface area contributed by atoms with Gasteiger partial charge in [-0.1, -0.05) is 26.0 Å². The van der Waals surface area contributed by atoms with E-state index in [9.17, 15) is 4.79 Å². The van der Waals surface area contributed by atoms with Gasteiger partial charge in [-0.3, -0.25) is 4.79 Å². The molecule has 3 aliphatic rings. The first-order chi connectivity index (χ1) is 8.43. The van der Waals surface area contributed by atoms with Crippen LogP contribution in [0.5, 0.6) is 0 Å². The smallest absolute Gasteiger partial charge is 0.309 e. The summed E-state index contributed by atoms with van der Waals surface area (Å²) < 4.78 is 5.05. The number of hydrogen-bond acceptors (Lipinski definition) is 2. The van der Waals surface area contributed by atoms with Crippen LogP contribution in [0.3, 0.4) is 0 Å². The molecule has 2 bridgehead atoms. The molecular weight excluding hydrogens is 224 g/mol. The zero-order chi connectivity index (χ0) is 13.1. The number of carbonyl (C=O) groups is 1. The van der Waals surface area contributed by atoms with E-state index in [0.717, 1.165) is 12.8 Å². The Labute approximate surface area is 110 Å². The molecule has 0 aromatic heterocycles. The Kier molecular flexibility index (Phi) is 2.46. The van der Waals surface area contributed by atoms with Gasteiger partial charge in [0.2, 0.25) is 0 Å². The Balaban J connectivity index is 2.00. The highest BCUT2D eigenvalue weighted by atomic mass is 16.5. The van der Waals surface area contributed by atoms with Crippen LogP contribution in [-0.2, 0) is 9.53 Å². The summed E-state index contributed by atoms with van der Waals surface area (Å²) in [7, 11) is 1.53. The molecule has 1 unspecified atom stereocenters. The molecule has 0 N–H and O–H groups in total. The minimum absolute atomic E-state index is 0.0191. The third-order valence-corrected chi connectivity index (χ3v) is 6.47. The van der Waals surface area contributed by atoms with Crippen molar-refractivity contribution in [1.29, 1.82) is 0 Å². The zero-order valence-electron chi connectivity index (χ0n) is 11.8. The average Bonchev–Trinajstić information content (AvgIpc) is 2.92. The van der Waals surface area contributed by atoms with Gasteiger partial charge in [-0.2, -0.15) is 0 Å². The minimum atomic E-state index is 0.0191. The number of esters is 1. The van der Waals surface area contributed by atoms with Crippen LogP contribution in [-0.4, -0.2) is 13.1 Å². The summed E-state index contributed by atoms with van der Waals surface area (Å²) >= 11 is 0. The van der Waals surface area contributed by atoms with Crippen LogP contribution in [0.4, 0.5) is 0 Å². The molecule has 18 heavy (non-hydrogen) atoms. The van der Waals surface area contributed by atoms with E-state index >= 15 is 0 Å². The molecule has 2 heteroatoms. The number of hydrogen-bond donors (Lipinski definition) is 0. The lowest BCUT2D eigenvalue weighted by Gasteiger charge is -2.48. The maximum absolute atomic E-state index is 12.1. The largest absolute Gasteiger partial charge is 0.469 e. The highest BCUT2D eigenvalue weighted by Gasteiger charge is 2.63. The summed E-state index contributed by atoms with van der Waals surface area (Å²) in [4.78, 5) is 12.1. The lowest BCUT2D eigenvalue weighted by molar-refractivity contribution is -0.150. The van der Waals surface area contributed by atoms with Crippen molar-refractivity contribution in [3.63, 3.8) is 0 Å². The molecule has 0 aliphatic heterocycles. The molecular formula is C16H24O2. The number of ether oxygens (including phenoxy) is 1. The van der Waals surface area contributed by atoms with Gasteiger partial charge in [-0.05, 0) is 54.8 Å². The van der Waals surface area contributed by atoms with Crippen molar-refractivity contribution in [1.82, 2.24) is 0 Å². The zero-order valence-corrected chi connectivity index (χ0v) is 11.8. The highest BCUT2D eigenvalue weighted by Crippen LogP contribution is 2.70. The molecule has 0 saturated heterocycles. The van der Waals surface area contributed by atoms with Gasteiger partial charge in [0.15, 0.2) is 0 Å². The molecule has 3 saturated carbocycles. The molecule has 0 aromatic carbocycles. The second-order valence-corrected chi connectivity index (χ2v) is 7.13. The van der Waals surface area contributed by atoms with Crippen molar-refractivity contribution in [3.05, 3.63) is 12.2 Å². The fourth-order valence-corrected chi connectivity index (χ4v) is 5.23. The third kappa shape index (κ3) is 1.27. The number of methoxy groups -OCH3 is 1. The van der Waals surface area contributed by atoms with E-state index in [-0.39, 0.29) is 22.7 Å². The predicted molar refractivity (Wildman–Crippen MR) is 70.9 cm³/mol. The summed E-state index contributed by atoms with van der Waals surface area (Å²) in [6, 6.07) is 0. The summed E-state index contributed by atoms with van der Waals surface area (Å²) in [6.45, 7) is 9.11. The molecule has 0 amide bonds. The van der Waals surface area contributed by atoms with Crippen LogP contribution in [0.2, 0.25) is 0 Å². The van der Waals surface area contributed by atoms with Crippen LogP contribution < -0.4 is 0 Å². The second kappa shape index (κ2) is 3.61. The molecule has 0 radical (unpaired) electrons. The Bertz CT molecular complexity index is 409. The molecule has 0 heterocycles. The van der Waals surface area contributed by atoms with Gasteiger partial charge in [-0.25, -0.2) is 0 Å². The SMILES string of the molecule is C=C1C2CC[C@@H](C(=O)OC)[C@]23CC[C@@H](C3)C1(C)C. The molecule has 100 valence electrons. The predicted octanol–water partition coefficient (Wildman–Crippen LogP) is 3.57. The van der Waals surface area contributed by atoms with Gasteiger partial charge in [0.25, 0.3) is 0 Å². The van der Waals surface area contributed by atoms with Gasteiger partial charge >= 0.3 is 5.97 Å². The maximum atomic E-state index is 12.1. The van der Waals surface area contributed by atoms with Crippen molar-refractivity contribution in [2.24, 2.45) is 28.6 Å². The van der Waals surface area contributed by atoms with Crippen molar-refractivity contribution in [2.45, 2.75) is 46.0 Å². The summed E-state index contributed by atoms with van der Waals surface area (Å²) in [6.07, 6.45) is 5.80. The standard InChI is InChI=1S/C16H24O2/c1-10-12-5-6-13(14(17)18-4)16(12)8-7-11(9-16)15(10,2)3/h11-13H,1,5-9H2,2-4H3/t11-,12?,13-,16-/m0/s1. The number of carbonyl (C=O) groups excluding carboxylic acids is 1. The fourth-order valence-electron chi connectivity index (χ4n) is 5.23. The van der Waals surface area contributed by atoms with E-state index < -0.39 is 0 Å². The quantitative estimate of drug-likeness (QED) is 0.524. The van der Waals surface area contributed by atoms with Crippen molar-refractivity contribution < 1.29 is 9.53 Å². The van der Waals surface area contributed by atoms with Crippen LogP contribution in [0.25, 0.3) is 0 Å². The van der Waals surface area contributed by atoms with E-state index in [1.165, 1.54) is 31.9 Å². The third-order valence-electron chi connectivity index (χ3n) is 6.47. The van der Waals surface area contributed by atoms with Crippen LogP contribution in [0, 0.1) is 28.6 Å². The van der Waals surface area contributed by atoms with Crippen molar-refractivity contribution in [2.75, 3.05) is 7.11 Å². The van der Waals surface area contributed by atoms with Crippen molar-refractivity contribution >= 4 is 5.97 Å². The summed E-state index contributed by atoms with van der Waals surface area (Å²) in [5.74, 6) is 1.41. The van der Waals surface area contributed by atoms with E-state index in [1.54, 1.807) is 0 Å². The topological polar surface area (TPSA) is 26.3 Å². The van der Waals surface area contributed by atoms with Crippen LogP contribution >= 0.6 is 0 Å². The molecule has 0 aromatic rings. The Morgan fingerprint density at radius 3 is 2.72 bits per heavy atom. The van der Waals surface area contributed by atoms with Crippen LogP contribution in [0.15, 0.2) is 12.2 Å². The first-order valence-electron chi connectivity index (χ1n) is 7.20. The molecule has 3 rings (SSSR count). The van der Waals surface area contributed by atoms with E-state index in [1.807, 2.05) is 0 Å². The highest BCUT2D eigenvalue weighted by molar-refractivity contribution is 5.74. The van der Waals surface area contributed by atoms with Gasteiger partial charge in [0.05, 0.1) is 13.0 Å². The van der Waals surface area contributed by atoms with Gasteiger partial charge in [-0.15, -0.1) is 0 Å². The maximum Gasteiger partial charge on any atom is 0.309 e. The molecule has 4 atom stereocenters. The summed E-state index contributed by atoms with van der Waals surface area (Å²) in [5, 5.41) is 0. The monoisotopic (exact) mass is 248 g/mol. The van der Waals surface area contributed by atoms with E-state index in [0.29, 0.717) is 11.8 Å². The molecule has 3 aliphatic carbocycles. The molecule has 2 nitrogen and oxygen atoms in total. The van der Waals surface area contributed by atoms with Gasteiger partial charge < -0.3 is 4.74 Å². The lowest BCUT2D eigenvalue weighted by Crippen LogP contribution is -2.43. The molecule has 1 spiro atoms. The Hall–Kier alpha value is -0.790. The van der Waals surface area contributed by atoms with Crippen LogP contribution in [0.1, 0.15) is 46.0 Å². The van der Waals surface area contributed by atoms with E-state index in [2.05, 4.69) is 20.4 Å².